The van der Waals surface area contributed by atoms with Crippen LogP contribution in [-0.4, -0.2) is 50.8 Å². The molecule has 0 unspecified atom stereocenters. The number of rotatable bonds is 4. The maximum Gasteiger partial charge on any atom is 0.146 e. The Morgan fingerprint density at radius 3 is 2.52 bits per heavy atom. The lowest BCUT2D eigenvalue weighted by Crippen LogP contribution is -2.34. The number of aryl methyl sites for hydroxylation is 3. The van der Waals surface area contributed by atoms with Gasteiger partial charge >= 0.3 is 0 Å². The second kappa shape index (κ2) is 7.69. The van der Waals surface area contributed by atoms with E-state index in [4.69, 9.17) is 9.97 Å². The highest BCUT2D eigenvalue weighted by Gasteiger charge is 2.27. The highest BCUT2D eigenvalue weighted by molar-refractivity contribution is 7.18. The molecule has 5 rings (SSSR count). The minimum atomic E-state index is 0.588. The Morgan fingerprint density at radius 2 is 1.83 bits per heavy atom. The predicted octanol–water partition coefficient (Wildman–Crippen LogP) is 4.02. The van der Waals surface area contributed by atoms with Crippen molar-refractivity contribution in [2.45, 2.75) is 52.0 Å². The molecule has 0 aromatic carbocycles. The van der Waals surface area contributed by atoms with Crippen LogP contribution in [0.15, 0.2) is 12.3 Å². The van der Waals surface area contributed by atoms with Crippen molar-refractivity contribution in [3.63, 3.8) is 0 Å². The molecule has 29 heavy (non-hydrogen) atoms. The van der Waals surface area contributed by atoms with E-state index in [1.807, 2.05) is 22.2 Å². The smallest absolute Gasteiger partial charge is 0.146 e. The van der Waals surface area contributed by atoms with Crippen molar-refractivity contribution in [1.82, 2.24) is 24.6 Å². The summed E-state index contributed by atoms with van der Waals surface area (Å²) in [5.41, 5.74) is 2.70. The normalized spacial score (nSPS) is 18.9. The summed E-state index contributed by atoms with van der Waals surface area (Å²) in [6.07, 6.45) is 6.81. The van der Waals surface area contributed by atoms with Crippen LogP contribution in [0.2, 0.25) is 0 Å². The third-order valence-corrected chi connectivity index (χ3v) is 7.79. The molecule has 0 amide bonds. The summed E-state index contributed by atoms with van der Waals surface area (Å²) < 4.78 is 2.03. The highest BCUT2D eigenvalue weighted by atomic mass is 32.1. The number of nitrogens with zero attached hydrogens (tertiary/aromatic N) is 6. The Hall–Kier alpha value is -1.99. The SMILES string of the molecule is Cc1sc2nc(CN3CCCC3)nc(N3CCC(c4ccnn4C)CC3)c2c1C. The molecule has 154 valence electrons. The van der Waals surface area contributed by atoms with Crippen molar-refractivity contribution in [2.24, 2.45) is 7.05 Å². The highest BCUT2D eigenvalue weighted by Crippen LogP contribution is 2.37. The standard InChI is InChI=1S/C22H30N6S/c1-15-16(2)29-22-20(15)21(24-19(25-22)14-27-10-4-5-11-27)28-12-7-17(8-13-28)18-6-9-23-26(18)3/h6,9,17H,4-5,7-8,10-14H2,1-3H3. The van der Waals surface area contributed by atoms with Crippen LogP contribution in [0, 0.1) is 13.8 Å². The third-order valence-electron chi connectivity index (χ3n) is 6.69. The first-order valence-corrected chi connectivity index (χ1v) is 11.6. The lowest BCUT2D eigenvalue weighted by atomic mass is 9.93. The van der Waals surface area contributed by atoms with Crippen molar-refractivity contribution in [3.05, 3.63) is 34.2 Å². The van der Waals surface area contributed by atoms with E-state index in [0.717, 1.165) is 48.9 Å². The maximum absolute atomic E-state index is 5.13. The predicted molar refractivity (Wildman–Crippen MR) is 119 cm³/mol. The quantitative estimate of drug-likeness (QED) is 0.650. The molecular weight excluding hydrogens is 380 g/mol. The molecule has 5 heterocycles. The topological polar surface area (TPSA) is 50.1 Å². The van der Waals surface area contributed by atoms with Gasteiger partial charge < -0.3 is 4.90 Å². The Labute approximate surface area is 176 Å². The summed E-state index contributed by atoms with van der Waals surface area (Å²) >= 11 is 1.82. The van der Waals surface area contributed by atoms with Crippen molar-refractivity contribution in [1.29, 1.82) is 0 Å². The zero-order chi connectivity index (χ0) is 20.0. The van der Waals surface area contributed by atoms with E-state index in [1.54, 1.807) is 0 Å². The van der Waals surface area contributed by atoms with Crippen LogP contribution in [0.4, 0.5) is 5.82 Å². The average Bonchev–Trinajstić information content (AvgIpc) is 3.44. The average molecular weight is 411 g/mol. The molecule has 2 saturated heterocycles. The summed E-state index contributed by atoms with van der Waals surface area (Å²) in [5, 5.41) is 5.64. The zero-order valence-corrected chi connectivity index (χ0v) is 18.5. The van der Waals surface area contributed by atoms with Crippen molar-refractivity contribution in [2.75, 3.05) is 31.1 Å². The van der Waals surface area contributed by atoms with Gasteiger partial charge in [0.2, 0.25) is 0 Å². The van der Waals surface area contributed by atoms with Crippen molar-refractivity contribution in [3.8, 4) is 0 Å². The second-order valence-electron chi connectivity index (χ2n) is 8.55. The van der Waals surface area contributed by atoms with E-state index in [9.17, 15) is 0 Å². The van der Waals surface area contributed by atoms with Crippen molar-refractivity contribution < 1.29 is 0 Å². The molecule has 0 radical (unpaired) electrons. The van der Waals surface area contributed by atoms with E-state index in [-0.39, 0.29) is 0 Å². The molecule has 2 aliphatic rings. The van der Waals surface area contributed by atoms with Crippen LogP contribution in [0.5, 0.6) is 0 Å². The van der Waals surface area contributed by atoms with Crippen LogP contribution in [0.25, 0.3) is 10.2 Å². The fourth-order valence-corrected chi connectivity index (χ4v) is 5.93. The van der Waals surface area contributed by atoms with E-state index in [1.165, 1.54) is 47.5 Å². The molecule has 6 nitrogen and oxygen atoms in total. The number of hydrogen-bond acceptors (Lipinski definition) is 6. The minimum absolute atomic E-state index is 0.588. The molecule has 2 aliphatic heterocycles. The van der Waals surface area contributed by atoms with Crippen LogP contribution in [0.1, 0.15) is 53.6 Å². The molecule has 0 aliphatic carbocycles. The number of hydrogen-bond donors (Lipinski definition) is 0. The van der Waals surface area contributed by atoms with Crippen LogP contribution in [-0.2, 0) is 13.6 Å². The lowest BCUT2D eigenvalue weighted by Gasteiger charge is -2.33. The van der Waals surface area contributed by atoms with Gasteiger partial charge in [-0.15, -0.1) is 11.3 Å². The molecule has 0 N–H and O–H groups in total. The first-order chi connectivity index (χ1) is 14.1. The fourth-order valence-electron chi connectivity index (χ4n) is 4.88. The van der Waals surface area contributed by atoms with E-state index >= 15 is 0 Å². The van der Waals surface area contributed by atoms with Gasteiger partial charge in [0.05, 0.1) is 11.9 Å². The molecular formula is C22H30N6S. The molecule has 0 atom stereocenters. The van der Waals surface area contributed by atoms with Gasteiger partial charge in [0.15, 0.2) is 0 Å². The summed E-state index contributed by atoms with van der Waals surface area (Å²) in [5.74, 6) is 2.74. The number of likely N-dealkylation sites (tertiary alicyclic amines) is 1. The van der Waals surface area contributed by atoms with Gasteiger partial charge in [0.25, 0.3) is 0 Å². The summed E-state index contributed by atoms with van der Waals surface area (Å²) in [6, 6.07) is 2.17. The number of aromatic nitrogens is 4. The lowest BCUT2D eigenvalue weighted by molar-refractivity contribution is 0.323. The Balaban J connectivity index is 1.44. The monoisotopic (exact) mass is 410 g/mol. The fraction of sp³-hybridized carbons (Fsp3) is 0.591. The number of fused-ring (bicyclic) bond motifs is 1. The van der Waals surface area contributed by atoms with E-state index < -0.39 is 0 Å². The molecule has 0 spiro atoms. The molecule has 3 aromatic rings. The number of thiophene rings is 1. The van der Waals surface area contributed by atoms with E-state index in [2.05, 4.69) is 41.9 Å². The Morgan fingerprint density at radius 1 is 1.07 bits per heavy atom. The van der Waals surface area contributed by atoms with Crippen LogP contribution in [0.3, 0.4) is 0 Å². The van der Waals surface area contributed by atoms with Gasteiger partial charge in [0, 0.05) is 42.8 Å². The van der Waals surface area contributed by atoms with Gasteiger partial charge in [-0.2, -0.15) is 5.10 Å². The van der Waals surface area contributed by atoms with Crippen LogP contribution >= 0.6 is 11.3 Å². The summed E-state index contributed by atoms with van der Waals surface area (Å²) in [6.45, 7) is 9.75. The summed E-state index contributed by atoms with van der Waals surface area (Å²) in [4.78, 5) is 17.6. The second-order valence-corrected chi connectivity index (χ2v) is 9.75. The molecule has 0 saturated carbocycles. The first-order valence-electron chi connectivity index (χ1n) is 10.8. The molecule has 3 aromatic heterocycles. The van der Waals surface area contributed by atoms with Gasteiger partial charge in [-0.25, -0.2) is 9.97 Å². The summed E-state index contributed by atoms with van der Waals surface area (Å²) in [7, 11) is 2.05. The van der Waals surface area contributed by atoms with Crippen molar-refractivity contribution >= 4 is 27.4 Å². The molecule has 2 fully saturated rings. The Bertz CT molecular complexity index is 1010. The first kappa shape index (κ1) is 19.0. The number of piperidine rings is 1. The zero-order valence-electron chi connectivity index (χ0n) is 17.7. The number of anilines is 1. The van der Waals surface area contributed by atoms with Gasteiger partial charge in [-0.3, -0.25) is 9.58 Å². The third kappa shape index (κ3) is 3.55. The maximum atomic E-state index is 5.13. The van der Waals surface area contributed by atoms with E-state index in [0.29, 0.717) is 5.92 Å². The van der Waals surface area contributed by atoms with Crippen LogP contribution < -0.4 is 4.90 Å². The Kier molecular flexibility index (Phi) is 5.04. The van der Waals surface area contributed by atoms with Gasteiger partial charge in [-0.05, 0) is 64.3 Å². The largest absolute Gasteiger partial charge is 0.356 e. The molecule has 0 bridgehead atoms. The van der Waals surface area contributed by atoms with Gasteiger partial charge in [-0.1, -0.05) is 0 Å². The molecule has 7 heteroatoms. The van der Waals surface area contributed by atoms with Gasteiger partial charge in [0.1, 0.15) is 16.5 Å². The minimum Gasteiger partial charge on any atom is -0.356 e.